The molecule has 0 aliphatic carbocycles. The summed E-state index contributed by atoms with van der Waals surface area (Å²) in [6.45, 7) is 3.91. The summed E-state index contributed by atoms with van der Waals surface area (Å²) in [6, 6.07) is 9.26. The van der Waals surface area contributed by atoms with Crippen LogP contribution in [0.25, 0.3) is 0 Å². The maximum Gasteiger partial charge on any atom is 0.328 e. The van der Waals surface area contributed by atoms with E-state index in [-0.39, 0.29) is 18.5 Å². The summed E-state index contributed by atoms with van der Waals surface area (Å²) in [4.78, 5) is 27.1. The smallest absolute Gasteiger partial charge is 0.306 e. The fraction of sp³-hybridized carbons (Fsp3) is 0.333. The van der Waals surface area contributed by atoms with E-state index in [0.717, 1.165) is 10.5 Å². The maximum atomic E-state index is 12.3. The lowest BCUT2D eigenvalue weighted by Crippen LogP contribution is -2.43. The minimum absolute atomic E-state index is 0.0202. The predicted molar refractivity (Wildman–Crippen MR) is 72.0 cm³/mol. The lowest BCUT2D eigenvalue weighted by molar-refractivity contribution is -0.131. The molecule has 1 aromatic rings. The van der Waals surface area contributed by atoms with E-state index in [1.54, 1.807) is 18.7 Å². The third-order valence-electron chi connectivity index (χ3n) is 3.34. The molecule has 0 atom stereocenters. The number of carbonyl (C=O) groups is 2. The predicted octanol–water partition coefficient (Wildman–Crippen LogP) is 1.86. The van der Waals surface area contributed by atoms with Crippen LogP contribution in [0.5, 0.6) is 0 Å². The highest BCUT2D eigenvalue weighted by Crippen LogP contribution is 2.29. The van der Waals surface area contributed by atoms with E-state index < -0.39 is 5.54 Å². The summed E-state index contributed by atoms with van der Waals surface area (Å²) >= 11 is 0. The molecule has 98 valence electrons. The second kappa shape index (κ2) is 4.77. The fourth-order valence-electron chi connectivity index (χ4n) is 2.18. The van der Waals surface area contributed by atoms with Gasteiger partial charge in [0, 0.05) is 6.54 Å². The van der Waals surface area contributed by atoms with E-state index in [1.807, 2.05) is 30.3 Å². The van der Waals surface area contributed by atoms with Gasteiger partial charge in [-0.15, -0.1) is 6.42 Å². The van der Waals surface area contributed by atoms with Crippen LogP contribution >= 0.6 is 0 Å². The molecule has 0 unspecified atom stereocenters. The zero-order valence-corrected chi connectivity index (χ0v) is 11.1. The van der Waals surface area contributed by atoms with Crippen LogP contribution in [-0.4, -0.2) is 33.8 Å². The summed E-state index contributed by atoms with van der Waals surface area (Å²) < 4.78 is 0. The Bertz CT molecular complexity index is 543. The van der Waals surface area contributed by atoms with Crippen LogP contribution in [0.2, 0.25) is 0 Å². The van der Waals surface area contributed by atoms with Crippen molar-refractivity contribution in [1.29, 1.82) is 0 Å². The normalized spacial score (nSPS) is 17.7. The highest BCUT2D eigenvalue weighted by atomic mass is 16.2. The van der Waals surface area contributed by atoms with E-state index >= 15 is 0 Å². The molecule has 1 aliphatic rings. The monoisotopic (exact) mass is 256 g/mol. The average Bonchev–Trinajstić information content (AvgIpc) is 2.55. The number of carbonyl (C=O) groups excluding carboxylic acids is 2. The first-order chi connectivity index (χ1) is 8.98. The third-order valence-corrected chi connectivity index (χ3v) is 3.34. The number of hydrogen-bond donors (Lipinski definition) is 0. The second-order valence-corrected chi connectivity index (χ2v) is 5.01. The first-order valence-corrected chi connectivity index (χ1v) is 6.09. The lowest BCUT2D eigenvalue weighted by Gasteiger charge is -2.27. The Morgan fingerprint density at radius 1 is 1.21 bits per heavy atom. The number of urea groups is 1. The maximum absolute atomic E-state index is 12.3. The van der Waals surface area contributed by atoms with E-state index in [0.29, 0.717) is 6.54 Å². The molecule has 3 amide bonds. The molecule has 1 aliphatic heterocycles. The van der Waals surface area contributed by atoms with Gasteiger partial charge in [0.05, 0.1) is 6.54 Å². The molecule has 0 spiro atoms. The second-order valence-electron chi connectivity index (χ2n) is 5.01. The van der Waals surface area contributed by atoms with Gasteiger partial charge in [-0.05, 0) is 19.4 Å². The van der Waals surface area contributed by atoms with Crippen LogP contribution in [0, 0.1) is 12.3 Å². The Hall–Kier alpha value is -2.28. The first kappa shape index (κ1) is 13.2. The summed E-state index contributed by atoms with van der Waals surface area (Å²) in [5.41, 5.74) is 0.128. The molecular formula is C15H16N2O2. The molecule has 1 fully saturated rings. The number of hydrogen-bond acceptors (Lipinski definition) is 2. The number of imide groups is 1. The van der Waals surface area contributed by atoms with Crippen molar-refractivity contribution in [3.05, 3.63) is 35.9 Å². The molecule has 0 saturated carbocycles. The minimum atomic E-state index is -0.857. The van der Waals surface area contributed by atoms with Crippen molar-refractivity contribution in [1.82, 2.24) is 9.80 Å². The van der Waals surface area contributed by atoms with Crippen LogP contribution in [0.15, 0.2) is 30.3 Å². The molecule has 0 bridgehead atoms. The zero-order chi connectivity index (χ0) is 14.0. The highest BCUT2D eigenvalue weighted by molar-refractivity contribution is 6.06. The Kier molecular flexibility index (Phi) is 3.30. The number of rotatable bonds is 3. The molecular weight excluding hydrogens is 240 g/mol. The van der Waals surface area contributed by atoms with Crippen molar-refractivity contribution in [2.75, 3.05) is 6.54 Å². The van der Waals surface area contributed by atoms with Gasteiger partial charge in [0.25, 0.3) is 5.91 Å². The van der Waals surface area contributed by atoms with E-state index in [1.165, 1.54) is 0 Å². The van der Waals surface area contributed by atoms with Crippen molar-refractivity contribution in [2.24, 2.45) is 0 Å². The van der Waals surface area contributed by atoms with Gasteiger partial charge in [-0.1, -0.05) is 36.3 Å². The molecule has 0 radical (unpaired) electrons. The van der Waals surface area contributed by atoms with Gasteiger partial charge in [0.2, 0.25) is 0 Å². The third kappa shape index (κ3) is 2.19. The molecule has 2 rings (SSSR count). The van der Waals surface area contributed by atoms with Gasteiger partial charge >= 0.3 is 6.03 Å². The average molecular weight is 256 g/mol. The van der Waals surface area contributed by atoms with Crippen LogP contribution in [0.3, 0.4) is 0 Å². The summed E-state index contributed by atoms with van der Waals surface area (Å²) in [5.74, 6) is 2.11. The number of terminal acetylenes is 1. The fourth-order valence-corrected chi connectivity index (χ4v) is 2.18. The molecule has 4 heteroatoms. The Morgan fingerprint density at radius 3 is 2.42 bits per heavy atom. The van der Waals surface area contributed by atoms with Gasteiger partial charge in [0.1, 0.15) is 5.54 Å². The van der Waals surface area contributed by atoms with Crippen molar-refractivity contribution in [3.8, 4) is 12.3 Å². The van der Waals surface area contributed by atoms with Gasteiger partial charge in [-0.25, -0.2) is 4.79 Å². The molecule has 1 saturated heterocycles. The Labute approximate surface area is 113 Å². The Balaban J connectivity index is 2.28. The van der Waals surface area contributed by atoms with E-state index in [2.05, 4.69) is 5.92 Å². The Morgan fingerprint density at radius 2 is 1.84 bits per heavy atom. The number of benzene rings is 1. The summed E-state index contributed by atoms with van der Waals surface area (Å²) in [7, 11) is 0. The van der Waals surface area contributed by atoms with Crippen LogP contribution < -0.4 is 0 Å². The summed E-state index contributed by atoms with van der Waals surface area (Å²) in [6.07, 6.45) is 5.20. The van der Waals surface area contributed by atoms with E-state index in [4.69, 9.17) is 6.42 Å². The van der Waals surface area contributed by atoms with Gasteiger partial charge in [-0.2, -0.15) is 0 Å². The molecule has 4 nitrogen and oxygen atoms in total. The summed E-state index contributed by atoms with van der Waals surface area (Å²) in [5, 5.41) is 0. The molecule has 0 N–H and O–H groups in total. The lowest BCUT2D eigenvalue weighted by atomic mass is 10.0. The standard InChI is InChI=1S/C15H16N2O2/c1-4-10-16-13(18)15(2,3)17(14(16)19)11-12-8-6-5-7-9-12/h1,5-9H,10-11H2,2-3H3. The molecule has 19 heavy (non-hydrogen) atoms. The topological polar surface area (TPSA) is 40.6 Å². The zero-order valence-electron chi connectivity index (χ0n) is 11.1. The van der Waals surface area contributed by atoms with Crippen LogP contribution in [0.1, 0.15) is 19.4 Å². The SMILES string of the molecule is C#CCN1C(=O)N(Cc2ccccc2)C(C)(C)C1=O. The highest BCUT2D eigenvalue weighted by Gasteiger charge is 2.50. The molecule has 1 aromatic carbocycles. The van der Waals surface area contributed by atoms with Crippen molar-refractivity contribution in [3.63, 3.8) is 0 Å². The number of nitrogens with zero attached hydrogens (tertiary/aromatic N) is 2. The van der Waals surface area contributed by atoms with Gasteiger partial charge in [0.15, 0.2) is 0 Å². The molecule has 1 heterocycles. The van der Waals surface area contributed by atoms with Crippen molar-refractivity contribution < 1.29 is 9.59 Å². The van der Waals surface area contributed by atoms with Crippen LogP contribution in [0.4, 0.5) is 4.79 Å². The minimum Gasteiger partial charge on any atom is -0.306 e. The van der Waals surface area contributed by atoms with Crippen LogP contribution in [-0.2, 0) is 11.3 Å². The van der Waals surface area contributed by atoms with E-state index in [9.17, 15) is 9.59 Å². The first-order valence-electron chi connectivity index (χ1n) is 6.09. The molecule has 0 aromatic heterocycles. The van der Waals surface area contributed by atoms with Gasteiger partial charge in [-0.3, -0.25) is 9.69 Å². The van der Waals surface area contributed by atoms with Crippen molar-refractivity contribution >= 4 is 11.9 Å². The number of amides is 3. The van der Waals surface area contributed by atoms with Crippen molar-refractivity contribution in [2.45, 2.75) is 25.9 Å². The quantitative estimate of drug-likeness (QED) is 0.612. The largest absolute Gasteiger partial charge is 0.328 e. The van der Waals surface area contributed by atoms with Gasteiger partial charge < -0.3 is 4.90 Å².